The second-order valence-corrected chi connectivity index (χ2v) is 10.9. The molecule has 3 aromatic rings. The van der Waals surface area contributed by atoms with Gasteiger partial charge in [-0.2, -0.15) is 5.26 Å². The number of aliphatic hydroxyl groups is 1. The highest BCUT2D eigenvalue weighted by Crippen LogP contribution is 2.55. The zero-order valence-corrected chi connectivity index (χ0v) is 22.5. The SMILES string of the molecule is N#C[C@@H](N[C@@H](CO)c1ccccc1)[C@@H]1[C@H](CCC2c3ccccc3Oc3ccccc32)[C@H]1C(=O)N1CCOCC1. The number of carbonyl (C=O) groups excluding carboxylic acids is 1. The van der Waals surface area contributed by atoms with Crippen molar-refractivity contribution in [2.45, 2.75) is 30.8 Å². The van der Waals surface area contributed by atoms with E-state index in [9.17, 15) is 15.2 Å². The van der Waals surface area contributed by atoms with Crippen molar-refractivity contribution in [3.05, 3.63) is 95.6 Å². The van der Waals surface area contributed by atoms with Gasteiger partial charge in [-0.1, -0.05) is 66.7 Å². The van der Waals surface area contributed by atoms with Crippen LogP contribution in [0.1, 0.15) is 41.5 Å². The molecular weight excluding hydrogens is 502 g/mol. The largest absolute Gasteiger partial charge is 0.457 e. The van der Waals surface area contributed by atoms with Crippen LogP contribution >= 0.6 is 0 Å². The number of nitrogens with one attached hydrogen (secondary N) is 1. The van der Waals surface area contributed by atoms with Crippen LogP contribution < -0.4 is 10.1 Å². The summed E-state index contributed by atoms with van der Waals surface area (Å²) in [5.74, 6) is 1.76. The zero-order chi connectivity index (χ0) is 27.5. The Bertz CT molecular complexity index is 1320. The molecule has 0 spiro atoms. The highest BCUT2D eigenvalue weighted by Gasteiger charge is 2.59. The summed E-state index contributed by atoms with van der Waals surface area (Å²) < 4.78 is 11.7. The molecule has 7 nitrogen and oxygen atoms in total. The molecule has 3 aliphatic rings. The number of amides is 1. The minimum absolute atomic E-state index is 0.0739. The molecule has 2 heterocycles. The van der Waals surface area contributed by atoms with Crippen molar-refractivity contribution in [3.63, 3.8) is 0 Å². The van der Waals surface area contributed by atoms with E-state index in [4.69, 9.17) is 9.47 Å². The Balaban J connectivity index is 1.24. The van der Waals surface area contributed by atoms with Crippen LogP contribution in [0.2, 0.25) is 0 Å². The molecule has 206 valence electrons. The predicted molar refractivity (Wildman–Crippen MR) is 151 cm³/mol. The van der Waals surface area contributed by atoms with Crippen LogP contribution in [-0.2, 0) is 9.53 Å². The highest BCUT2D eigenvalue weighted by atomic mass is 16.5. The van der Waals surface area contributed by atoms with Gasteiger partial charge in [0.05, 0.1) is 38.0 Å². The van der Waals surface area contributed by atoms with Gasteiger partial charge in [-0.05, 0) is 36.5 Å². The number of nitrogens with zero attached hydrogens (tertiary/aromatic N) is 2. The first-order chi connectivity index (χ1) is 19.7. The normalized spacial score (nSPS) is 23.2. The molecule has 1 saturated carbocycles. The number of carbonyl (C=O) groups is 1. The maximum atomic E-state index is 13.7. The summed E-state index contributed by atoms with van der Waals surface area (Å²) in [6.45, 7) is 2.14. The van der Waals surface area contributed by atoms with Crippen LogP contribution in [0.3, 0.4) is 0 Å². The summed E-state index contributed by atoms with van der Waals surface area (Å²) in [7, 11) is 0. The van der Waals surface area contributed by atoms with E-state index in [1.165, 1.54) is 0 Å². The summed E-state index contributed by atoms with van der Waals surface area (Å²) in [6, 6.07) is 27.5. The number of hydrogen-bond acceptors (Lipinski definition) is 6. The maximum absolute atomic E-state index is 13.7. The molecule has 5 atom stereocenters. The number of rotatable bonds is 9. The molecule has 7 heteroatoms. The van der Waals surface area contributed by atoms with Gasteiger partial charge in [-0.15, -0.1) is 0 Å². The summed E-state index contributed by atoms with van der Waals surface area (Å²) in [4.78, 5) is 15.6. The Kier molecular flexibility index (Phi) is 7.83. The van der Waals surface area contributed by atoms with Crippen LogP contribution in [0.4, 0.5) is 0 Å². The van der Waals surface area contributed by atoms with Gasteiger partial charge in [0.25, 0.3) is 0 Å². The molecule has 0 bridgehead atoms. The number of para-hydroxylation sites is 2. The molecule has 6 rings (SSSR count). The first kappa shape index (κ1) is 26.5. The van der Waals surface area contributed by atoms with E-state index < -0.39 is 6.04 Å². The van der Waals surface area contributed by atoms with E-state index in [0.717, 1.165) is 41.0 Å². The Hall–Kier alpha value is -3.70. The van der Waals surface area contributed by atoms with Crippen LogP contribution in [0.25, 0.3) is 0 Å². The number of aliphatic hydroxyl groups excluding tert-OH is 1. The number of hydrogen-bond donors (Lipinski definition) is 2. The fourth-order valence-corrected chi connectivity index (χ4v) is 6.64. The van der Waals surface area contributed by atoms with Gasteiger partial charge in [0.1, 0.15) is 11.5 Å². The summed E-state index contributed by atoms with van der Waals surface area (Å²) in [6.07, 6.45) is 1.67. The minimum Gasteiger partial charge on any atom is -0.457 e. The number of fused-ring (bicyclic) bond motifs is 2. The van der Waals surface area contributed by atoms with E-state index >= 15 is 0 Å². The third-order valence-corrected chi connectivity index (χ3v) is 8.72. The van der Waals surface area contributed by atoms with E-state index in [1.54, 1.807) is 0 Å². The average Bonchev–Trinajstić information content (AvgIpc) is 3.74. The highest BCUT2D eigenvalue weighted by molar-refractivity contribution is 5.82. The van der Waals surface area contributed by atoms with Crippen LogP contribution in [-0.4, -0.2) is 54.9 Å². The lowest BCUT2D eigenvalue weighted by molar-refractivity contribution is -0.137. The summed E-state index contributed by atoms with van der Waals surface area (Å²) in [5, 5.41) is 23.8. The van der Waals surface area contributed by atoms with Gasteiger partial charge in [-0.3, -0.25) is 10.1 Å². The van der Waals surface area contributed by atoms with Crippen molar-refractivity contribution in [3.8, 4) is 17.6 Å². The van der Waals surface area contributed by atoms with Crippen LogP contribution in [0, 0.1) is 29.1 Å². The maximum Gasteiger partial charge on any atom is 0.226 e. The van der Waals surface area contributed by atoms with Crippen LogP contribution in [0.5, 0.6) is 11.5 Å². The van der Waals surface area contributed by atoms with Crippen molar-refractivity contribution in [2.24, 2.45) is 17.8 Å². The molecule has 40 heavy (non-hydrogen) atoms. The number of benzene rings is 3. The summed E-state index contributed by atoms with van der Waals surface area (Å²) >= 11 is 0. The van der Waals surface area contributed by atoms with Crippen molar-refractivity contribution in [1.82, 2.24) is 10.2 Å². The monoisotopic (exact) mass is 537 g/mol. The Labute approximate surface area is 235 Å². The zero-order valence-electron chi connectivity index (χ0n) is 22.5. The van der Waals surface area contributed by atoms with Gasteiger partial charge >= 0.3 is 0 Å². The molecule has 2 fully saturated rings. The lowest BCUT2D eigenvalue weighted by Crippen LogP contribution is -2.43. The van der Waals surface area contributed by atoms with Crippen molar-refractivity contribution < 1.29 is 19.4 Å². The fourth-order valence-electron chi connectivity index (χ4n) is 6.64. The van der Waals surface area contributed by atoms with Gasteiger partial charge in [0.15, 0.2) is 0 Å². The van der Waals surface area contributed by atoms with Gasteiger partial charge in [0, 0.05) is 42.0 Å². The Morgan fingerprint density at radius 2 is 1.57 bits per heavy atom. The number of morpholine rings is 1. The van der Waals surface area contributed by atoms with Gasteiger partial charge < -0.3 is 19.5 Å². The first-order valence-corrected chi connectivity index (χ1v) is 14.2. The predicted octanol–water partition coefficient (Wildman–Crippen LogP) is 4.64. The molecule has 0 unspecified atom stereocenters. The minimum atomic E-state index is -0.549. The second-order valence-electron chi connectivity index (χ2n) is 10.9. The topological polar surface area (TPSA) is 94.8 Å². The molecule has 0 aromatic heterocycles. The molecule has 1 aliphatic carbocycles. The van der Waals surface area contributed by atoms with Gasteiger partial charge in [-0.25, -0.2) is 0 Å². The standard InChI is InChI=1S/C33H35N3O4/c34-20-27(35-28(21-37)22-8-2-1-3-9-22)31-26(32(31)33(38)36-16-18-39-19-17-36)15-14-23-24-10-4-6-12-29(24)40-30-13-7-5-11-25(23)30/h1-13,23,26-28,31-32,35,37H,14-19,21H2/t26-,27+,28-,31-,32+/m0/s1. The van der Waals surface area contributed by atoms with Crippen molar-refractivity contribution in [2.75, 3.05) is 32.9 Å². The third-order valence-electron chi connectivity index (χ3n) is 8.72. The van der Waals surface area contributed by atoms with E-state index in [1.807, 2.05) is 71.6 Å². The molecule has 1 saturated heterocycles. The molecule has 1 amide bonds. The van der Waals surface area contributed by atoms with Gasteiger partial charge in [0.2, 0.25) is 5.91 Å². The fraction of sp³-hybridized carbons (Fsp3) is 0.394. The Morgan fingerprint density at radius 1 is 0.950 bits per heavy atom. The molecular formula is C33H35N3O4. The van der Waals surface area contributed by atoms with Crippen molar-refractivity contribution in [1.29, 1.82) is 5.26 Å². The molecule has 3 aromatic carbocycles. The number of nitriles is 1. The smallest absolute Gasteiger partial charge is 0.226 e. The van der Waals surface area contributed by atoms with E-state index in [2.05, 4.69) is 23.5 Å². The van der Waals surface area contributed by atoms with E-state index in [-0.39, 0.29) is 42.2 Å². The first-order valence-electron chi connectivity index (χ1n) is 14.2. The molecule has 2 N–H and O–H groups in total. The molecule has 2 aliphatic heterocycles. The van der Waals surface area contributed by atoms with Crippen molar-refractivity contribution >= 4 is 5.91 Å². The average molecular weight is 538 g/mol. The second kappa shape index (κ2) is 11.8. The quantitative estimate of drug-likeness (QED) is 0.413. The third kappa shape index (κ3) is 5.23. The number of ether oxygens (including phenoxy) is 2. The summed E-state index contributed by atoms with van der Waals surface area (Å²) in [5.41, 5.74) is 3.25. The lowest BCUT2D eigenvalue weighted by Gasteiger charge is -2.28. The Morgan fingerprint density at radius 3 is 2.20 bits per heavy atom. The molecule has 0 radical (unpaired) electrons. The van der Waals surface area contributed by atoms with E-state index in [0.29, 0.717) is 26.3 Å². The van der Waals surface area contributed by atoms with Crippen LogP contribution in [0.15, 0.2) is 78.9 Å². The lowest BCUT2D eigenvalue weighted by atomic mass is 9.84.